The van der Waals surface area contributed by atoms with Crippen LogP contribution in [0.2, 0.25) is 10.0 Å². The highest BCUT2D eigenvalue weighted by molar-refractivity contribution is 7.13. The third-order valence-electron chi connectivity index (χ3n) is 8.16. The lowest BCUT2D eigenvalue weighted by Crippen LogP contribution is -2.25. The zero-order valence-corrected chi connectivity index (χ0v) is 34.8. The van der Waals surface area contributed by atoms with Gasteiger partial charge < -0.3 is 25.2 Å². The number of halogens is 2. The molecule has 0 fully saturated rings. The van der Waals surface area contributed by atoms with E-state index in [0.717, 1.165) is 49.5 Å². The first-order chi connectivity index (χ1) is 28.5. The molecule has 0 atom stereocenters. The number of carbonyl (C=O) groups is 2. The SMILES string of the molecule is Cc1nc(-c2cccc(C(=O)NCCc3csc(-c4ccc(Cl)cc4)n3)c2)no1.Cc1nc(-c2cccc(C(=O)O)c2)no1.NCCc1csc(-c2ccc(Cl)cc2)n1. The Morgan fingerprint density at radius 1 is 0.661 bits per heavy atom. The van der Waals surface area contributed by atoms with E-state index in [2.05, 4.69) is 40.9 Å². The van der Waals surface area contributed by atoms with E-state index in [1.807, 2.05) is 60.0 Å². The van der Waals surface area contributed by atoms with Crippen LogP contribution in [-0.4, -0.2) is 60.3 Å². The monoisotopic (exact) mass is 866 g/mol. The van der Waals surface area contributed by atoms with Gasteiger partial charge in [0.2, 0.25) is 23.4 Å². The van der Waals surface area contributed by atoms with Gasteiger partial charge in [-0.2, -0.15) is 9.97 Å². The molecular formula is C42H36Cl2N8O5S2. The molecule has 13 nitrogen and oxygen atoms in total. The zero-order chi connectivity index (χ0) is 41.7. The normalized spacial score (nSPS) is 10.6. The lowest BCUT2D eigenvalue weighted by atomic mass is 10.1. The van der Waals surface area contributed by atoms with Crippen molar-refractivity contribution in [3.8, 4) is 43.9 Å². The summed E-state index contributed by atoms with van der Waals surface area (Å²) in [6.07, 6.45) is 1.49. The molecule has 4 aromatic carbocycles. The number of carboxylic acids is 1. The Balaban J connectivity index is 0.000000164. The van der Waals surface area contributed by atoms with Crippen LogP contribution < -0.4 is 11.1 Å². The number of carbonyl (C=O) groups excluding carboxylic acids is 1. The van der Waals surface area contributed by atoms with Gasteiger partial charge in [-0.1, -0.05) is 82.0 Å². The molecule has 0 spiro atoms. The number of aromatic nitrogens is 6. The summed E-state index contributed by atoms with van der Waals surface area (Å²) in [7, 11) is 0. The van der Waals surface area contributed by atoms with Crippen LogP contribution in [-0.2, 0) is 12.8 Å². The van der Waals surface area contributed by atoms with Gasteiger partial charge in [-0.05, 0) is 55.1 Å². The number of benzene rings is 4. The summed E-state index contributed by atoms with van der Waals surface area (Å²) in [5, 5.41) is 26.8. The van der Waals surface area contributed by atoms with Crippen molar-refractivity contribution in [2.24, 2.45) is 5.73 Å². The van der Waals surface area contributed by atoms with Gasteiger partial charge in [-0.25, -0.2) is 14.8 Å². The maximum Gasteiger partial charge on any atom is 0.335 e. The summed E-state index contributed by atoms with van der Waals surface area (Å²) >= 11 is 15.0. The summed E-state index contributed by atoms with van der Waals surface area (Å²) in [6.45, 7) is 4.54. The number of amides is 1. The molecule has 0 unspecified atom stereocenters. The van der Waals surface area contributed by atoms with E-state index in [0.29, 0.717) is 59.1 Å². The van der Waals surface area contributed by atoms with Gasteiger partial charge in [0.25, 0.3) is 5.91 Å². The van der Waals surface area contributed by atoms with E-state index in [9.17, 15) is 9.59 Å². The minimum Gasteiger partial charge on any atom is -0.478 e. The van der Waals surface area contributed by atoms with Gasteiger partial charge in [-0.15, -0.1) is 22.7 Å². The first-order valence-electron chi connectivity index (χ1n) is 18.0. The smallest absolute Gasteiger partial charge is 0.335 e. The van der Waals surface area contributed by atoms with Gasteiger partial charge in [0.05, 0.1) is 17.0 Å². The van der Waals surface area contributed by atoms with E-state index in [1.165, 1.54) is 12.1 Å². The fourth-order valence-corrected chi connectivity index (χ4v) is 7.24. The van der Waals surface area contributed by atoms with E-state index >= 15 is 0 Å². The van der Waals surface area contributed by atoms with Crippen LogP contribution in [0.3, 0.4) is 0 Å². The van der Waals surface area contributed by atoms with Gasteiger partial charge in [0.1, 0.15) is 10.0 Å². The molecule has 0 aliphatic heterocycles. The number of nitrogens with one attached hydrogen (secondary N) is 1. The van der Waals surface area contributed by atoms with Crippen LogP contribution in [0.15, 0.2) is 117 Å². The third-order valence-corrected chi connectivity index (χ3v) is 10.5. The van der Waals surface area contributed by atoms with Gasteiger partial charge in [0, 0.05) is 81.9 Å². The predicted molar refractivity (Wildman–Crippen MR) is 230 cm³/mol. The summed E-state index contributed by atoms with van der Waals surface area (Å²) in [4.78, 5) is 40.5. The summed E-state index contributed by atoms with van der Waals surface area (Å²) < 4.78 is 9.81. The van der Waals surface area contributed by atoms with E-state index < -0.39 is 5.97 Å². The average molecular weight is 868 g/mol. The number of hydrogen-bond acceptors (Lipinski definition) is 13. The number of nitrogens with two attached hydrogens (primary N) is 1. The van der Waals surface area contributed by atoms with Crippen LogP contribution in [0, 0.1) is 13.8 Å². The van der Waals surface area contributed by atoms with Crippen molar-refractivity contribution in [2.75, 3.05) is 13.1 Å². The zero-order valence-electron chi connectivity index (χ0n) is 31.6. The Bertz CT molecular complexity index is 2620. The highest BCUT2D eigenvalue weighted by Gasteiger charge is 2.12. The van der Waals surface area contributed by atoms with Crippen LogP contribution >= 0.6 is 45.9 Å². The number of rotatable bonds is 11. The Hall–Kier alpha value is -6.10. The molecule has 4 aromatic heterocycles. The topological polar surface area (TPSA) is 196 Å². The molecule has 0 radical (unpaired) electrons. The molecule has 8 rings (SSSR count). The largest absolute Gasteiger partial charge is 0.478 e. The second-order valence-corrected chi connectivity index (χ2v) is 15.2. The van der Waals surface area contributed by atoms with Crippen molar-refractivity contribution in [3.05, 3.63) is 152 Å². The minimum absolute atomic E-state index is 0.153. The summed E-state index contributed by atoms with van der Waals surface area (Å²) in [6, 6.07) is 28.9. The number of nitrogens with zero attached hydrogens (tertiary/aromatic N) is 6. The van der Waals surface area contributed by atoms with Crippen molar-refractivity contribution >= 4 is 57.8 Å². The summed E-state index contributed by atoms with van der Waals surface area (Å²) in [5.41, 5.74) is 11.7. The fraction of sp³-hybridized carbons (Fsp3) is 0.143. The molecule has 300 valence electrons. The molecule has 4 heterocycles. The minimum atomic E-state index is -0.975. The number of aryl methyl sites for hydroxylation is 2. The molecule has 8 aromatic rings. The Labute approximate surface area is 356 Å². The summed E-state index contributed by atoms with van der Waals surface area (Å²) in [5.74, 6) is 0.670. The second kappa shape index (κ2) is 20.5. The first-order valence-corrected chi connectivity index (χ1v) is 20.5. The van der Waals surface area contributed by atoms with E-state index in [1.54, 1.807) is 66.9 Å². The maximum atomic E-state index is 12.5. The molecule has 4 N–H and O–H groups in total. The van der Waals surface area contributed by atoms with Crippen molar-refractivity contribution in [1.82, 2.24) is 35.6 Å². The van der Waals surface area contributed by atoms with E-state index in [4.69, 9.17) is 43.1 Å². The lowest BCUT2D eigenvalue weighted by Gasteiger charge is -2.05. The van der Waals surface area contributed by atoms with Crippen LogP contribution in [0.5, 0.6) is 0 Å². The molecular weight excluding hydrogens is 832 g/mol. The van der Waals surface area contributed by atoms with Crippen molar-refractivity contribution in [3.63, 3.8) is 0 Å². The molecule has 0 aliphatic rings. The van der Waals surface area contributed by atoms with Crippen LogP contribution in [0.25, 0.3) is 43.9 Å². The highest BCUT2D eigenvalue weighted by atomic mass is 35.5. The molecule has 0 saturated carbocycles. The van der Waals surface area contributed by atoms with Crippen molar-refractivity contribution in [1.29, 1.82) is 0 Å². The van der Waals surface area contributed by atoms with Gasteiger partial charge in [-0.3, -0.25) is 4.79 Å². The first kappa shape index (κ1) is 42.5. The molecule has 0 aliphatic carbocycles. The standard InChI is InChI=1S/C21H17ClN4O2S.C11H11ClN2S.C10H8N2O3/c1-13-24-19(26-28-13)15-3-2-4-16(11-15)20(27)23-10-9-18-12-29-21(25-18)14-5-7-17(22)8-6-14;12-9-3-1-8(2-4-9)11-14-10(5-6-13)7-15-11;1-6-11-9(12-15-6)7-3-2-4-8(5-7)10(13)14/h2-8,11-12H,9-10H2,1H3,(H,23,27);1-4,7H,5-6,13H2;2-5H,1H3,(H,13,14). The Morgan fingerprint density at radius 3 is 1.59 bits per heavy atom. The predicted octanol–water partition coefficient (Wildman–Crippen LogP) is 9.50. The van der Waals surface area contributed by atoms with Gasteiger partial charge in [0.15, 0.2) is 0 Å². The molecule has 59 heavy (non-hydrogen) atoms. The number of thiazole rings is 2. The molecule has 17 heteroatoms. The molecule has 1 amide bonds. The van der Waals surface area contributed by atoms with E-state index in [-0.39, 0.29) is 11.5 Å². The van der Waals surface area contributed by atoms with Crippen molar-refractivity contribution in [2.45, 2.75) is 26.7 Å². The molecule has 0 saturated heterocycles. The number of carboxylic acid groups (broad SMARTS) is 1. The number of aromatic carboxylic acids is 1. The molecule has 0 bridgehead atoms. The Morgan fingerprint density at radius 2 is 1.14 bits per heavy atom. The number of hydrogen-bond donors (Lipinski definition) is 3. The lowest BCUT2D eigenvalue weighted by molar-refractivity contribution is 0.0696. The average Bonchev–Trinajstić information content (AvgIpc) is 4.09. The Kier molecular flexibility index (Phi) is 14.8. The quantitative estimate of drug-likeness (QED) is 0.112. The second-order valence-electron chi connectivity index (χ2n) is 12.6. The maximum absolute atomic E-state index is 12.5. The van der Waals surface area contributed by atoms with Crippen LogP contribution in [0.1, 0.15) is 43.9 Å². The highest BCUT2D eigenvalue weighted by Crippen LogP contribution is 2.27. The van der Waals surface area contributed by atoms with Crippen molar-refractivity contribution < 1.29 is 23.7 Å². The van der Waals surface area contributed by atoms with Gasteiger partial charge >= 0.3 is 5.97 Å². The fourth-order valence-electron chi connectivity index (χ4n) is 5.27. The van der Waals surface area contributed by atoms with Crippen LogP contribution in [0.4, 0.5) is 0 Å². The third kappa shape index (κ3) is 12.2.